The fourth-order valence-electron chi connectivity index (χ4n) is 1.90. The maximum Gasteiger partial charge on any atom is 0.275 e. The molecule has 1 aromatic heterocycles. The van der Waals surface area contributed by atoms with Crippen LogP contribution < -0.4 is 16.6 Å². The van der Waals surface area contributed by atoms with Crippen LogP contribution in [0.5, 0.6) is 0 Å². The van der Waals surface area contributed by atoms with Crippen LogP contribution in [0.4, 0.5) is 0 Å². The summed E-state index contributed by atoms with van der Waals surface area (Å²) < 4.78 is 0.931. The fourth-order valence-corrected chi connectivity index (χ4v) is 1.90. The predicted octanol–water partition coefficient (Wildman–Crippen LogP) is -0.202. The summed E-state index contributed by atoms with van der Waals surface area (Å²) in [5.74, 6) is -1.17. The normalized spacial score (nSPS) is 10.3. The first-order valence-electron chi connectivity index (χ1n) is 6.22. The van der Waals surface area contributed by atoms with Crippen molar-refractivity contribution in [3.63, 3.8) is 0 Å². The number of hydrogen-bond donors (Lipinski definition) is 2. The lowest BCUT2D eigenvalue weighted by atomic mass is 10.1. The third kappa shape index (κ3) is 2.97. The van der Waals surface area contributed by atoms with E-state index >= 15 is 0 Å². The van der Waals surface area contributed by atoms with Crippen molar-refractivity contribution in [1.29, 1.82) is 0 Å². The van der Waals surface area contributed by atoms with Crippen molar-refractivity contribution in [2.75, 3.05) is 6.54 Å². The Hall–Kier alpha value is -2.96. The van der Waals surface area contributed by atoms with Crippen molar-refractivity contribution in [3.8, 4) is 0 Å². The summed E-state index contributed by atoms with van der Waals surface area (Å²) in [5, 5.41) is 7.09. The van der Waals surface area contributed by atoms with Gasteiger partial charge in [-0.1, -0.05) is 24.3 Å². The van der Waals surface area contributed by atoms with Gasteiger partial charge in [-0.25, -0.2) is 4.68 Å². The Morgan fingerprint density at radius 3 is 2.62 bits per heavy atom. The number of nitrogens with two attached hydrogens (primary N) is 1. The van der Waals surface area contributed by atoms with Crippen LogP contribution in [-0.2, 0) is 11.3 Å². The molecule has 0 aliphatic rings. The molecule has 2 aromatic rings. The highest BCUT2D eigenvalue weighted by Crippen LogP contribution is 2.12. The van der Waals surface area contributed by atoms with Crippen molar-refractivity contribution in [2.24, 2.45) is 5.73 Å². The molecule has 0 unspecified atom stereocenters. The Bertz CT molecular complexity index is 779. The molecule has 0 fully saturated rings. The van der Waals surface area contributed by atoms with Crippen molar-refractivity contribution >= 4 is 22.6 Å². The van der Waals surface area contributed by atoms with Crippen LogP contribution in [0, 0.1) is 0 Å². The molecule has 0 aliphatic heterocycles. The average Bonchev–Trinajstić information content (AvgIpc) is 2.47. The van der Waals surface area contributed by atoms with Crippen LogP contribution in [-0.4, -0.2) is 28.1 Å². The van der Waals surface area contributed by atoms with Crippen molar-refractivity contribution in [2.45, 2.75) is 6.54 Å². The molecule has 0 saturated heterocycles. The summed E-state index contributed by atoms with van der Waals surface area (Å²) in [7, 11) is 0. The lowest BCUT2D eigenvalue weighted by Crippen LogP contribution is -2.35. The van der Waals surface area contributed by atoms with E-state index in [4.69, 9.17) is 5.73 Å². The number of aromatic nitrogens is 2. The zero-order valence-electron chi connectivity index (χ0n) is 11.2. The first-order valence-corrected chi connectivity index (χ1v) is 6.22. The first-order chi connectivity index (χ1) is 10.0. The molecule has 7 nitrogen and oxygen atoms in total. The highest BCUT2D eigenvalue weighted by Gasteiger charge is 2.15. The van der Waals surface area contributed by atoms with E-state index in [-0.39, 0.29) is 24.2 Å². The molecule has 0 aliphatic carbocycles. The Balaban J connectivity index is 2.52. The van der Waals surface area contributed by atoms with Crippen molar-refractivity contribution in [1.82, 2.24) is 15.1 Å². The number of fused-ring (bicyclic) bond motifs is 1. The third-order valence-electron chi connectivity index (χ3n) is 2.84. The summed E-state index contributed by atoms with van der Waals surface area (Å²) in [4.78, 5) is 35.4. The van der Waals surface area contributed by atoms with E-state index in [1.165, 1.54) is 6.08 Å². The maximum absolute atomic E-state index is 12.3. The lowest BCUT2D eigenvalue weighted by Gasteiger charge is -2.09. The van der Waals surface area contributed by atoms with Crippen LogP contribution in [0.15, 0.2) is 41.7 Å². The predicted molar refractivity (Wildman–Crippen MR) is 77.7 cm³/mol. The van der Waals surface area contributed by atoms with Crippen LogP contribution in [0.2, 0.25) is 0 Å². The minimum atomic E-state index is -0.758. The van der Waals surface area contributed by atoms with Gasteiger partial charge in [0.25, 0.3) is 11.5 Å². The molecule has 1 heterocycles. The standard InChI is InChI=1S/C14H14N4O3/c1-2-7-16-11(19)8-18-14(21)10-6-4-3-5-9(10)12(17-18)13(15)20/h2-6H,1,7-8H2,(H2,15,20)(H,16,19). The van der Waals surface area contributed by atoms with Crippen LogP contribution >= 0.6 is 0 Å². The van der Waals surface area contributed by atoms with Gasteiger partial charge in [-0.3, -0.25) is 14.4 Å². The van der Waals surface area contributed by atoms with E-state index in [0.29, 0.717) is 5.39 Å². The second-order valence-electron chi connectivity index (χ2n) is 4.31. The third-order valence-corrected chi connectivity index (χ3v) is 2.84. The van der Waals surface area contributed by atoms with Gasteiger partial charge in [-0.05, 0) is 6.07 Å². The summed E-state index contributed by atoms with van der Waals surface area (Å²) >= 11 is 0. The number of carbonyl (C=O) groups excluding carboxylic acids is 2. The van der Waals surface area contributed by atoms with E-state index in [1.807, 2.05) is 0 Å². The molecule has 2 amide bonds. The van der Waals surface area contributed by atoms with Crippen LogP contribution in [0.1, 0.15) is 10.5 Å². The topological polar surface area (TPSA) is 107 Å². The van der Waals surface area contributed by atoms with Gasteiger partial charge in [0.15, 0.2) is 5.69 Å². The highest BCUT2D eigenvalue weighted by molar-refractivity contribution is 6.04. The number of hydrogen-bond acceptors (Lipinski definition) is 4. The molecule has 1 aromatic carbocycles. The largest absolute Gasteiger partial charge is 0.364 e. The van der Waals surface area contributed by atoms with Crippen LogP contribution in [0.3, 0.4) is 0 Å². The Kier molecular flexibility index (Phi) is 4.13. The van der Waals surface area contributed by atoms with Gasteiger partial charge in [0.2, 0.25) is 5.91 Å². The molecule has 108 valence electrons. The summed E-state index contributed by atoms with van der Waals surface area (Å²) in [6.45, 7) is 3.46. The second kappa shape index (κ2) is 6.00. The zero-order chi connectivity index (χ0) is 15.4. The number of carbonyl (C=O) groups is 2. The molecule has 0 saturated carbocycles. The van der Waals surface area contributed by atoms with Crippen molar-refractivity contribution < 1.29 is 9.59 Å². The number of amides is 2. The van der Waals surface area contributed by atoms with E-state index in [2.05, 4.69) is 17.0 Å². The Morgan fingerprint density at radius 1 is 1.33 bits per heavy atom. The average molecular weight is 286 g/mol. The van der Waals surface area contributed by atoms with Gasteiger partial charge < -0.3 is 11.1 Å². The molecule has 3 N–H and O–H groups in total. The smallest absolute Gasteiger partial charge is 0.275 e. The van der Waals surface area contributed by atoms with E-state index in [1.54, 1.807) is 24.3 Å². The van der Waals surface area contributed by atoms with Gasteiger partial charge in [-0.2, -0.15) is 5.10 Å². The summed E-state index contributed by atoms with van der Waals surface area (Å²) in [6, 6.07) is 6.49. The van der Waals surface area contributed by atoms with Crippen molar-refractivity contribution in [3.05, 3.63) is 53.0 Å². The Morgan fingerprint density at radius 2 is 2.00 bits per heavy atom. The van der Waals surface area contributed by atoms with Gasteiger partial charge >= 0.3 is 0 Å². The molecule has 0 atom stereocenters. The zero-order valence-corrected chi connectivity index (χ0v) is 11.2. The molecule has 0 spiro atoms. The molecule has 0 bridgehead atoms. The van der Waals surface area contributed by atoms with Gasteiger partial charge in [-0.15, -0.1) is 6.58 Å². The molecular weight excluding hydrogens is 272 g/mol. The summed E-state index contributed by atoms with van der Waals surface area (Å²) in [6.07, 6.45) is 1.52. The van der Waals surface area contributed by atoms with Gasteiger partial charge in [0, 0.05) is 11.9 Å². The molecular formula is C14H14N4O3. The number of rotatable bonds is 5. The first kappa shape index (κ1) is 14.4. The molecule has 7 heteroatoms. The lowest BCUT2D eigenvalue weighted by molar-refractivity contribution is -0.121. The van der Waals surface area contributed by atoms with E-state index < -0.39 is 17.4 Å². The SMILES string of the molecule is C=CCNC(=O)Cn1nc(C(N)=O)c2ccccc2c1=O. The molecule has 0 radical (unpaired) electrons. The number of primary amides is 1. The fraction of sp³-hybridized carbons (Fsp3) is 0.143. The Labute approximate surface area is 120 Å². The second-order valence-corrected chi connectivity index (χ2v) is 4.31. The van der Waals surface area contributed by atoms with Crippen LogP contribution in [0.25, 0.3) is 10.8 Å². The number of benzene rings is 1. The quantitative estimate of drug-likeness (QED) is 0.742. The summed E-state index contributed by atoms with van der Waals surface area (Å²) in [5.41, 5.74) is 4.78. The van der Waals surface area contributed by atoms with Gasteiger partial charge in [0.1, 0.15) is 6.54 Å². The monoisotopic (exact) mass is 286 g/mol. The van der Waals surface area contributed by atoms with E-state index in [9.17, 15) is 14.4 Å². The molecule has 2 rings (SSSR count). The molecule has 21 heavy (non-hydrogen) atoms. The van der Waals surface area contributed by atoms with Gasteiger partial charge in [0.05, 0.1) is 5.39 Å². The maximum atomic E-state index is 12.3. The minimum absolute atomic E-state index is 0.0401. The van der Waals surface area contributed by atoms with E-state index in [0.717, 1.165) is 4.68 Å². The number of nitrogens with zero attached hydrogens (tertiary/aromatic N) is 2. The highest BCUT2D eigenvalue weighted by atomic mass is 16.2. The minimum Gasteiger partial charge on any atom is -0.364 e. The number of nitrogens with one attached hydrogen (secondary N) is 1.